The molecule has 0 aromatic heterocycles. The Hall–Kier alpha value is -5.57. The molecule has 4 nitrogen and oxygen atoms in total. The summed E-state index contributed by atoms with van der Waals surface area (Å²) in [5, 5.41) is 6.85. The Balaban J connectivity index is 0.919. The van der Waals surface area contributed by atoms with Crippen LogP contribution in [0, 0.1) is 10.8 Å². The van der Waals surface area contributed by atoms with E-state index in [-0.39, 0.29) is 27.4 Å². The predicted octanol–water partition coefficient (Wildman–Crippen LogP) is 16.0. The first-order valence-corrected chi connectivity index (χ1v) is 25.8. The van der Waals surface area contributed by atoms with Crippen molar-refractivity contribution >= 4 is 32.3 Å². The molecule has 2 fully saturated rings. The average Bonchev–Trinajstić information content (AvgIpc) is 3.77. The summed E-state index contributed by atoms with van der Waals surface area (Å²) in [5.41, 5.74) is 8.51. The topological polar surface area (TPSA) is 36.9 Å². The van der Waals surface area contributed by atoms with Crippen LogP contribution >= 0.6 is 0 Å². The second kappa shape index (κ2) is 16.7. The van der Waals surface area contributed by atoms with Gasteiger partial charge in [0.25, 0.3) is 0 Å². The lowest BCUT2D eigenvalue weighted by Crippen LogP contribution is -2.46. The van der Waals surface area contributed by atoms with Crippen molar-refractivity contribution < 1.29 is 32.1 Å². The average molecular weight is 953 g/mol. The molecular weight excluding hydrogens is 890 g/mol. The minimum atomic E-state index is -4.57. The Bertz CT molecular complexity index is 3340. The normalized spacial score (nSPS) is 20.7. The molecule has 2 unspecified atom stereocenters. The zero-order valence-electron chi connectivity index (χ0n) is 41.9. The lowest BCUT2D eigenvalue weighted by atomic mass is 9.74. The van der Waals surface area contributed by atoms with Crippen LogP contribution in [0.25, 0.3) is 76.8 Å². The van der Waals surface area contributed by atoms with Crippen LogP contribution in [-0.4, -0.2) is 59.0 Å². The molecule has 0 spiro atoms. The molecule has 2 heterocycles. The van der Waals surface area contributed by atoms with Gasteiger partial charge in [-0.2, -0.15) is 13.2 Å². The maximum Gasteiger partial charge on any atom is 0.402 e. The molecular formula is C64H63F3O4. The molecule has 8 aromatic carbocycles. The van der Waals surface area contributed by atoms with Gasteiger partial charge in [-0.1, -0.05) is 144 Å². The Morgan fingerprint density at radius 3 is 1.65 bits per heavy atom. The van der Waals surface area contributed by atoms with E-state index in [4.69, 9.17) is 18.9 Å². The van der Waals surface area contributed by atoms with E-state index in [0.29, 0.717) is 50.8 Å². The number of benzene rings is 8. The van der Waals surface area contributed by atoms with Crippen molar-refractivity contribution in [1.82, 2.24) is 0 Å². The van der Waals surface area contributed by atoms with Crippen molar-refractivity contribution in [2.24, 2.45) is 10.8 Å². The monoisotopic (exact) mass is 952 g/mol. The maximum atomic E-state index is 16.1. The highest BCUT2D eigenvalue weighted by Crippen LogP contribution is 2.59. The van der Waals surface area contributed by atoms with E-state index >= 15 is 13.2 Å². The highest BCUT2D eigenvalue weighted by molar-refractivity contribution is 6.25. The van der Waals surface area contributed by atoms with E-state index in [1.807, 2.05) is 36.4 Å². The number of ether oxygens (including phenoxy) is 4. The number of fused-ring (bicyclic) bond motifs is 6. The molecule has 7 heteroatoms. The summed E-state index contributed by atoms with van der Waals surface area (Å²) >= 11 is 0. The van der Waals surface area contributed by atoms with Crippen molar-refractivity contribution in [3.8, 4) is 44.5 Å². The van der Waals surface area contributed by atoms with Gasteiger partial charge in [0.1, 0.15) is 5.41 Å². The van der Waals surface area contributed by atoms with Crippen LogP contribution in [0.15, 0.2) is 127 Å². The van der Waals surface area contributed by atoms with Crippen molar-refractivity contribution in [2.45, 2.75) is 89.6 Å². The quantitative estimate of drug-likeness (QED) is 0.0804. The molecule has 2 atom stereocenters. The van der Waals surface area contributed by atoms with Crippen LogP contribution in [0.4, 0.5) is 13.2 Å². The Morgan fingerprint density at radius 2 is 1.04 bits per heavy atom. The molecule has 0 amide bonds. The number of hydrogen-bond donors (Lipinski definition) is 0. The van der Waals surface area contributed by atoms with E-state index in [2.05, 4.69) is 126 Å². The van der Waals surface area contributed by atoms with Crippen molar-refractivity contribution in [2.75, 3.05) is 52.9 Å². The lowest BCUT2D eigenvalue weighted by Gasteiger charge is -2.42. The molecule has 12 rings (SSSR count). The molecule has 0 bridgehead atoms. The molecule has 0 saturated carbocycles. The second-order valence-electron chi connectivity index (χ2n) is 22.8. The van der Waals surface area contributed by atoms with E-state index in [1.165, 1.54) is 39.8 Å². The number of hydrogen-bond acceptors (Lipinski definition) is 4. The van der Waals surface area contributed by atoms with Gasteiger partial charge < -0.3 is 18.9 Å². The Labute approximate surface area is 415 Å². The molecule has 2 saturated heterocycles. The minimum Gasteiger partial charge on any atom is -0.381 e. The van der Waals surface area contributed by atoms with Crippen LogP contribution < -0.4 is 0 Å². The molecule has 2 aliphatic carbocycles. The Kier molecular flexibility index (Phi) is 11.0. The van der Waals surface area contributed by atoms with Crippen LogP contribution in [0.2, 0.25) is 0 Å². The summed E-state index contributed by atoms with van der Waals surface area (Å²) in [6.45, 7) is 17.7. The second-order valence-corrected chi connectivity index (χ2v) is 22.8. The first-order chi connectivity index (χ1) is 34.1. The van der Waals surface area contributed by atoms with Gasteiger partial charge in [-0.25, -0.2) is 0 Å². The maximum absolute atomic E-state index is 16.1. The highest BCUT2D eigenvalue weighted by Gasteiger charge is 2.58. The van der Waals surface area contributed by atoms with E-state index in [9.17, 15) is 0 Å². The number of halogens is 3. The third-order valence-corrected chi connectivity index (χ3v) is 17.5. The fourth-order valence-electron chi connectivity index (χ4n) is 12.6. The molecule has 8 aromatic rings. The minimum absolute atomic E-state index is 0.0121. The summed E-state index contributed by atoms with van der Waals surface area (Å²) in [5.74, 6) is 0. The van der Waals surface area contributed by atoms with Crippen LogP contribution in [0.3, 0.4) is 0 Å². The van der Waals surface area contributed by atoms with Gasteiger partial charge in [0.2, 0.25) is 0 Å². The van der Waals surface area contributed by atoms with Gasteiger partial charge >= 0.3 is 6.18 Å². The zero-order chi connectivity index (χ0) is 49.1. The van der Waals surface area contributed by atoms with Crippen LogP contribution in [0.5, 0.6) is 0 Å². The molecule has 364 valence electrons. The molecule has 0 N–H and O–H groups in total. The van der Waals surface area contributed by atoms with Crippen LogP contribution in [0.1, 0.15) is 95.0 Å². The van der Waals surface area contributed by atoms with Gasteiger partial charge in [-0.05, 0) is 161 Å². The molecule has 2 aliphatic heterocycles. The standard InChI is InChI=1S/C64H63F3O4/c1-7-61(34-69-35-61)33-68-27-11-26-63(39-71-38-62(8-2)36-70-37-62)53-13-10-9-12-48(53)51-23-18-42(31-56(51)63)41-17-22-49-50-24-19-43(32-55(50)60(6,54(49)30-41)64(65,66)67)47-21-16-40-14-15-44-28-46(59(3,4)5)29-45-20-25-52(47)58(40)57(44)45/h9-10,12-25,28-32H,7-8,11,26-27,33-39H2,1-6H3. The van der Waals surface area contributed by atoms with E-state index < -0.39 is 17.0 Å². The summed E-state index contributed by atoms with van der Waals surface area (Å²) in [6, 6.07) is 44.1. The summed E-state index contributed by atoms with van der Waals surface area (Å²) in [7, 11) is 0. The number of rotatable bonds is 14. The van der Waals surface area contributed by atoms with Crippen LogP contribution in [-0.2, 0) is 35.2 Å². The largest absolute Gasteiger partial charge is 0.402 e. The number of alkyl halides is 3. The lowest BCUT2D eigenvalue weighted by molar-refractivity contribution is -0.172. The highest BCUT2D eigenvalue weighted by atomic mass is 19.4. The van der Waals surface area contributed by atoms with Crippen molar-refractivity contribution in [1.29, 1.82) is 0 Å². The first kappa shape index (κ1) is 46.5. The van der Waals surface area contributed by atoms with Gasteiger partial charge in [0, 0.05) is 22.9 Å². The third-order valence-electron chi connectivity index (χ3n) is 17.5. The first-order valence-electron chi connectivity index (χ1n) is 25.8. The fourth-order valence-corrected chi connectivity index (χ4v) is 12.6. The summed E-state index contributed by atoms with van der Waals surface area (Å²) in [4.78, 5) is 0. The fraction of sp³-hybridized carbons (Fsp3) is 0.375. The molecule has 71 heavy (non-hydrogen) atoms. The van der Waals surface area contributed by atoms with Crippen molar-refractivity contribution in [3.63, 3.8) is 0 Å². The molecule has 4 aliphatic rings. The Morgan fingerprint density at radius 1 is 0.521 bits per heavy atom. The zero-order valence-corrected chi connectivity index (χ0v) is 41.9. The summed E-state index contributed by atoms with van der Waals surface area (Å²) < 4.78 is 72.9. The van der Waals surface area contributed by atoms with Crippen molar-refractivity contribution in [3.05, 3.63) is 155 Å². The third kappa shape index (κ3) is 7.23. The van der Waals surface area contributed by atoms with Gasteiger partial charge in [-0.3, -0.25) is 0 Å². The van der Waals surface area contributed by atoms with Gasteiger partial charge in [0.05, 0.1) is 46.2 Å². The predicted molar refractivity (Wildman–Crippen MR) is 282 cm³/mol. The van der Waals surface area contributed by atoms with E-state index in [0.717, 1.165) is 88.4 Å². The van der Waals surface area contributed by atoms with Gasteiger partial charge in [0.15, 0.2) is 0 Å². The molecule has 0 radical (unpaired) electrons. The smallest absolute Gasteiger partial charge is 0.381 e. The van der Waals surface area contributed by atoms with Gasteiger partial charge in [-0.15, -0.1) is 0 Å². The summed E-state index contributed by atoms with van der Waals surface area (Å²) in [6.07, 6.45) is -0.955. The van der Waals surface area contributed by atoms with E-state index in [1.54, 1.807) is 0 Å². The SMILES string of the molecule is CCC1(COCCCC2(COCC3(CC)COC3)c3ccccc3-c3ccc(-c4ccc5c(c4)C(C)(C(F)(F)F)c4cc(-c6ccc7ccc8cc(C(C)(C)C)cc9ccc6c7c89)ccc4-5)cc32)COC1.